The average Bonchev–Trinajstić information content (AvgIpc) is 2.82. The quantitative estimate of drug-likeness (QED) is 0.313. The van der Waals surface area contributed by atoms with Crippen molar-refractivity contribution in [3.05, 3.63) is 42.3 Å². The molecule has 8 heteroatoms. The van der Waals surface area contributed by atoms with Crippen molar-refractivity contribution in [2.24, 2.45) is 0 Å². The van der Waals surface area contributed by atoms with E-state index in [4.69, 9.17) is 0 Å². The summed E-state index contributed by atoms with van der Waals surface area (Å²) >= 11 is 0. The first kappa shape index (κ1) is 20.4. The van der Waals surface area contributed by atoms with Gasteiger partial charge in [-0.2, -0.15) is 6.41 Å². The van der Waals surface area contributed by atoms with E-state index in [9.17, 15) is 19.2 Å². The number of nitrogens with one attached hydrogen (secondary N) is 2. The predicted octanol–water partition coefficient (Wildman–Crippen LogP) is 0.0547. The molecule has 0 spiro atoms. The van der Waals surface area contributed by atoms with Gasteiger partial charge in [0.2, 0.25) is 11.8 Å². The minimum atomic E-state index is -0.609. The summed E-state index contributed by atoms with van der Waals surface area (Å²) in [4.78, 5) is 47.3. The molecule has 1 aromatic rings. The Kier molecular flexibility index (Phi) is 7.18. The first-order chi connectivity index (χ1) is 10.6. The first-order valence-electron chi connectivity index (χ1n) is 6.96. The average molecular weight is 553 g/mol. The number of benzene rings is 1. The molecule has 1 atom stereocenters. The summed E-state index contributed by atoms with van der Waals surface area (Å²) in [6, 6.07) is 4.69. The van der Waals surface area contributed by atoms with E-state index in [0.717, 1.165) is 11.1 Å². The maximum absolute atomic E-state index is 12.4. The van der Waals surface area contributed by atoms with Gasteiger partial charge in [0.1, 0.15) is 6.04 Å². The van der Waals surface area contributed by atoms with Crippen LogP contribution < -0.4 is 10.6 Å². The second-order valence-electron chi connectivity index (χ2n) is 5.35. The molecule has 0 aromatic heterocycles. The maximum atomic E-state index is 12.4. The zero-order chi connectivity index (χ0) is 15.7. The van der Waals surface area contributed by atoms with Gasteiger partial charge >= 0.3 is 31.1 Å². The summed E-state index contributed by atoms with van der Waals surface area (Å²) in [5.74, 6) is -0.926. The second kappa shape index (κ2) is 8.45. The summed E-state index contributed by atoms with van der Waals surface area (Å²) in [6.45, 7) is 0.669. The van der Waals surface area contributed by atoms with Crippen molar-refractivity contribution in [3.8, 4) is 0 Å². The van der Waals surface area contributed by atoms with Crippen LogP contribution in [-0.4, -0.2) is 35.1 Å². The summed E-state index contributed by atoms with van der Waals surface area (Å²) in [5, 5.41) is 4.72. The standard InChI is InChI=1S/C15H14N3O4.CH3.U/c19-8-16-6-9-1-2-11-10(5-9)7-18(15(11)22)12-3-4-13(20)17-14(12)21;;/h1-2,5,12H,3-4,6-7H2,(H,16,19)(H,17,20,21);1H3;/q2*-1;+2. The molecule has 1 saturated heterocycles. The molecular weight excluding hydrogens is 536 g/mol. The molecule has 0 radical (unpaired) electrons. The predicted molar refractivity (Wildman–Crippen MR) is 81.4 cm³/mol. The van der Waals surface area contributed by atoms with Gasteiger partial charge in [-0.15, -0.1) is 0 Å². The summed E-state index contributed by atoms with van der Waals surface area (Å²) in [6.07, 6.45) is 2.18. The first-order valence-corrected chi connectivity index (χ1v) is 6.96. The molecule has 3 rings (SSSR count). The Labute approximate surface area is 163 Å². The molecule has 2 N–H and O–H groups in total. The fraction of sp³-hybridized carbons (Fsp3) is 0.312. The normalized spacial score (nSPS) is 18.9. The third-order valence-corrected chi connectivity index (χ3v) is 3.95. The van der Waals surface area contributed by atoms with Crippen LogP contribution in [0.3, 0.4) is 0 Å². The van der Waals surface area contributed by atoms with Crippen molar-refractivity contribution < 1.29 is 50.3 Å². The molecule has 1 unspecified atom stereocenters. The fourth-order valence-corrected chi connectivity index (χ4v) is 2.88. The van der Waals surface area contributed by atoms with Crippen molar-refractivity contribution in [1.82, 2.24) is 15.5 Å². The van der Waals surface area contributed by atoms with Crippen LogP contribution in [0, 0.1) is 38.5 Å². The van der Waals surface area contributed by atoms with Gasteiger partial charge in [-0.1, -0.05) is 12.1 Å². The van der Waals surface area contributed by atoms with E-state index in [-0.39, 0.29) is 56.8 Å². The number of imide groups is 1. The van der Waals surface area contributed by atoms with E-state index in [1.54, 1.807) is 18.5 Å². The molecule has 0 saturated carbocycles. The van der Waals surface area contributed by atoms with Crippen molar-refractivity contribution in [3.63, 3.8) is 0 Å². The number of piperidine rings is 1. The second-order valence-corrected chi connectivity index (χ2v) is 5.35. The SMILES string of the molecule is O=[C-]NCc1ccc2c(c1)CN(C1CCC(=O)NC1=O)C2=O.[CH3-].[U+2]. The minimum absolute atomic E-state index is 0. The van der Waals surface area contributed by atoms with Gasteiger partial charge < -0.3 is 22.4 Å². The van der Waals surface area contributed by atoms with Gasteiger partial charge in [0, 0.05) is 25.1 Å². The number of carbonyl (C=O) groups is 3. The molecule has 2 aliphatic rings. The Morgan fingerprint density at radius 3 is 2.71 bits per heavy atom. The van der Waals surface area contributed by atoms with E-state index in [1.165, 1.54) is 4.90 Å². The summed E-state index contributed by atoms with van der Waals surface area (Å²) in [7, 11) is 0. The van der Waals surface area contributed by atoms with Gasteiger partial charge in [0.05, 0.1) is 0 Å². The van der Waals surface area contributed by atoms with Crippen LogP contribution in [0.2, 0.25) is 0 Å². The Morgan fingerprint density at radius 2 is 2.04 bits per heavy atom. The molecule has 7 nitrogen and oxygen atoms in total. The van der Waals surface area contributed by atoms with Crippen molar-refractivity contribution >= 4 is 24.1 Å². The zero-order valence-corrected chi connectivity index (χ0v) is 17.4. The number of fused-ring (bicyclic) bond motifs is 1. The molecule has 1 aromatic carbocycles. The molecule has 24 heavy (non-hydrogen) atoms. The van der Waals surface area contributed by atoms with Crippen LogP contribution in [-0.2, 0) is 27.5 Å². The Morgan fingerprint density at radius 1 is 1.29 bits per heavy atom. The number of amides is 4. The van der Waals surface area contributed by atoms with Crippen molar-refractivity contribution in [2.75, 3.05) is 0 Å². The molecular formula is C16H17N3O4U. The number of rotatable bonds is 4. The van der Waals surface area contributed by atoms with Gasteiger partial charge in [0.15, 0.2) is 0 Å². The topological polar surface area (TPSA) is 95.6 Å². The maximum Gasteiger partial charge on any atom is 2.00 e. The molecule has 2 heterocycles. The molecule has 124 valence electrons. The van der Waals surface area contributed by atoms with Gasteiger partial charge in [-0.25, -0.2) is 0 Å². The smallest absolute Gasteiger partial charge is 0.526 e. The van der Waals surface area contributed by atoms with Crippen LogP contribution >= 0.6 is 0 Å². The number of carbonyl (C=O) groups excluding carboxylic acids is 4. The van der Waals surface area contributed by atoms with Crippen molar-refractivity contribution in [1.29, 1.82) is 0 Å². The van der Waals surface area contributed by atoms with Crippen LogP contribution in [0.25, 0.3) is 0 Å². The summed E-state index contributed by atoms with van der Waals surface area (Å²) in [5.41, 5.74) is 2.24. The Hall–Kier alpha value is -1.65. The van der Waals surface area contributed by atoms with E-state index in [2.05, 4.69) is 10.6 Å². The van der Waals surface area contributed by atoms with Crippen LogP contribution in [0.1, 0.15) is 34.3 Å². The number of hydrogen-bond acceptors (Lipinski definition) is 4. The number of nitrogens with zero attached hydrogens (tertiary/aromatic N) is 1. The number of hydrogen-bond donors (Lipinski definition) is 2. The van der Waals surface area contributed by atoms with Crippen LogP contribution in [0.5, 0.6) is 0 Å². The monoisotopic (exact) mass is 553 g/mol. The Balaban J connectivity index is 0.00000144. The van der Waals surface area contributed by atoms with E-state index in [0.29, 0.717) is 25.1 Å². The molecule has 0 bridgehead atoms. The Bertz CT molecular complexity index is 677. The zero-order valence-electron chi connectivity index (χ0n) is 13.2. The third kappa shape index (κ3) is 3.87. The van der Waals surface area contributed by atoms with Crippen LogP contribution in [0.15, 0.2) is 18.2 Å². The van der Waals surface area contributed by atoms with E-state index >= 15 is 0 Å². The molecule has 2 aliphatic heterocycles. The molecule has 1 fully saturated rings. The van der Waals surface area contributed by atoms with Gasteiger partial charge in [-0.3, -0.25) is 19.7 Å². The van der Waals surface area contributed by atoms with Gasteiger partial charge in [0.25, 0.3) is 5.91 Å². The molecule has 0 aliphatic carbocycles. The van der Waals surface area contributed by atoms with Gasteiger partial charge in [-0.05, 0) is 23.6 Å². The van der Waals surface area contributed by atoms with E-state index in [1.807, 2.05) is 6.07 Å². The minimum Gasteiger partial charge on any atom is -0.526 e. The third-order valence-electron chi connectivity index (χ3n) is 3.95. The van der Waals surface area contributed by atoms with Crippen molar-refractivity contribution in [2.45, 2.75) is 32.0 Å². The molecule has 4 amide bonds. The fourth-order valence-electron chi connectivity index (χ4n) is 2.88. The van der Waals surface area contributed by atoms with Crippen LogP contribution in [0.4, 0.5) is 0 Å². The summed E-state index contributed by atoms with van der Waals surface area (Å²) < 4.78 is 0. The largest absolute Gasteiger partial charge is 2.00 e. The van der Waals surface area contributed by atoms with E-state index < -0.39 is 11.9 Å².